The van der Waals surface area contributed by atoms with Crippen LogP contribution in [0.4, 0.5) is 11.4 Å². The number of benzene rings is 2. The van der Waals surface area contributed by atoms with Crippen molar-refractivity contribution in [1.29, 1.82) is 0 Å². The molecule has 124 valence electrons. The molecule has 4 nitrogen and oxygen atoms in total. The number of halogens is 1. The maximum absolute atomic E-state index is 12.5. The minimum Gasteiger partial charge on any atom is -0.326 e. The van der Waals surface area contributed by atoms with E-state index < -0.39 is 0 Å². The topological polar surface area (TPSA) is 49.4 Å². The predicted octanol–water partition coefficient (Wildman–Crippen LogP) is 4.06. The van der Waals surface area contributed by atoms with Gasteiger partial charge in [-0.05, 0) is 49.2 Å². The first-order valence-electron chi connectivity index (χ1n) is 7.88. The van der Waals surface area contributed by atoms with Crippen molar-refractivity contribution >= 4 is 39.1 Å². The van der Waals surface area contributed by atoms with E-state index in [0.717, 1.165) is 27.0 Å². The number of aryl methyl sites for hydroxylation is 2. The van der Waals surface area contributed by atoms with E-state index in [4.69, 9.17) is 0 Å². The summed E-state index contributed by atoms with van der Waals surface area (Å²) >= 11 is 3.45. The summed E-state index contributed by atoms with van der Waals surface area (Å²) in [6, 6.07) is 13.4. The molecular formula is C19H19BrN2O2. The molecule has 0 spiro atoms. The monoisotopic (exact) mass is 386 g/mol. The smallest absolute Gasteiger partial charge is 0.229 e. The molecule has 0 saturated carbocycles. The summed E-state index contributed by atoms with van der Waals surface area (Å²) in [5, 5.41) is 2.92. The summed E-state index contributed by atoms with van der Waals surface area (Å²) in [7, 11) is 0. The summed E-state index contributed by atoms with van der Waals surface area (Å²) < 4.78 is 1.00. The Morgan fingerprint density at radius 2 is 1.92 bits per heavy atom. The van der Waals surface area contributed by atoms with Gasteiger partial charge in [0.1, 0.15) is 0 Å². The Morgan fingerprint density at radius 3 is 2.62 bits per heavy atom. The number of carbonyl (C=O) groups excluding carboxylic acids is 2. The molecule has 1 saturated heterocycles. The van der Waals surface area contributed by atoms with E-state index in [0.29, 0.717) is 6.54 Å². The van der Waals surface area contributed by atoms with Crippen LogP contribution in [0.15, 0.2) is 46.9 Å². The Hall–Kier alpha value is -2.14. The number of anilines is 2. The molecule has 1 heterocycles. The largest absolute Gasteiger partial charge is 0.326 e. The fourth-order valence-corrected chi connectivity index (χ4v) is 3.20. The van der Waals surface area contributed by atoms with E-state index in [-0.39, 0.29) is 24.2 Å². The highest BCUT2D eigenvalue weighted by Gasteiger charge is 2.35. The molecule has 2 aromatic rings. The fourth-order valence-electron chi connectivity index (χ4n) is 2.95. The van der Waals surface area contributed by atoms with Gasteiger partial charge >= 0.3 is 0 Å². The van der Waals surface area contributed by atoms with Crippen LogP contribution in [0.1, 0.15) is 17.5 Å². The van der Waals surface area contributed by atoms with Crippen molar-refractivity contribution in [2.75, 3.05) is 16.8 Å². The molecule has 1 N–H and O–H groups in total. The minimum absolute atomic E-state index is 0.00330. The zero-order valence-corrected chi connectivity index (χ0v) is 15.3. The normalized spacial score (nSPS) is 17.2. The molecule has 1 unspecified atom stereocenters. The molecule has 2 aromatic carbocycles. The lowest BCUT2D eigenvalue weighted by atomic mass is 10.1. The minimum atomic E-state index is -0.332. The number of amides is 2. The van der Waals surface area contributed by atoms with Crippen molar-refractivity contribution in [2.24, 2.45) is 5.92 Å². The van der Waals surface area contributed by atoms with Crippen LogP contribution in [0.25, 0.3) is 0 Å². The molecule has 24 heavy (non-hydrogen) atoms. The van der Waals surface area contributed by atoms with Gasteiger partial charge in [-0.15, -0.1) is 0 Å². The van der Waals surface area contributed by atoms with Crippen molar-refractivity contribution < 1.29 is 9.59 Å². The van der Waals surface area contributed by atoms with Gasteiger partial charge in [-0.25, -0.2) is 0 Å². The van der Waals surface area contributed by atoms with E-state index in [1.807, 2.05) is 56.3 Å². The van der Waals surface area contributed by atoms with Crippen molar-refractivity contribution in [2.45, 2.75) is 20.3 Å². The second kappa shape index (κ2) is 6.77. The van der Waals surface area contributed by atoms with Gasteiger partial charge in [0.25, 0.3) is 0 Å². The third-order valence-corrected chi connectivity index (χ3v) is 5.22. The van der Waals surface area contributed by atoms with E-state index >= 15 is 0 Å². The SMILES string of the molecule is Cc1cc(NC(=O)C2CC(=O)N(c3ccccc3C)C2)ccc1Br. The van der Waals surface area contributed by atoms with Gasteiger partial charge in [0.05, 0.1) is 5.92 Å². The molecule has 1 aliphatic rings. The van der Waals surface area contributed by atoms with Gasteiger partial charge in [-0.3, -0.25) is 9.59 Å². The number of carbonyl (C=O) groups is 2. The number of nitrogens with one attached hydrogen (secondary N) is 1. The predicted molar refractivity (Wildman–Crippen MR) is 99.1 cm³/mol. The molecule has 2 amide bonds. The first-order chi connectivity index (χ1) is 11.5. The van der Waals surface area contributed by atoms with Crippen molar-refractivity contribution in [1.82, 2.24) is 0 Å². The van der Waals surface area contributed by atoms with E-state index in [2.05, 4.69) is 21.2 Å². The van der Waals surface area contributed by atoms with Crippen molar-refractivity contribution in [3.05, 3.63) is 58.1 Å². The second-order valence-electron chi connectivity index (χ2n) is 6.15. The lowest BCUT2D eigenvalue weighted by molar-refractivity contribution is -0.122. The molecule has 5 heteroatoms. The van der Waals surface area contributed by atoms with Crippen LogP contribution in [0, 0.1) is 19.8 Å². The van der Waals surface area contributed by atoms with Gasteiger partial charge in [0.2, 0.25) is 11.8 Å². The Kier molecular flexibility index (Phi) is 4.71. The third kappa shape index (κ3) is 3.36. The molecule has 0 bridgehead atoms. The number of nitrogens with zero attached hydrogens (tertiary/aromatic N) is 1. The molecule has 1 fully saturated rings. The highest BCUT2D eigenvalue weighted by Crippen LogP contribution is 2.28. The molecule has 0 radical (unpaired) electrons. The van der Waals surface area contributed by atoms with Crippen LogP contribution < -0.4 is 10.2 Å². The number of hydrogen-bond donors (Lipinski definition) is 1. The summed E-state index contributed by atoms with van der Waals surface area (Å²) in [6.45, 7) is 4.37. The Labute approximate surface area is 150 Å². The van der Waals surface area contributed by atoms with Crippen LogP contribution >= 0.6 is 15.9 Å². The van der Waals surface area contributed by atoms with Gasteiger partial charge in [-0.1, -0.05) is 34.1 Å². The molecule has 1 atom stereocenters. The molecule has 0 aromatic heterocycles. The average Bonchev–Trinajstić information content (AvgIpc) is 2.93. The second-order valence-corrected chi connectivity index (χ2v) is 7.00. The highest BCUT2D eigenvalue weighted by atomic mass is 79.9. The lowest BCUT2D eigenvalue weighted by Crippen LogP contribution is -2.28. The summed E-state index contributed by atoms with van der Waals surface area (Å²) in [4.78, 5) is 26.6. The summed E-state index contributed by atoms with van der Waals surface area (Å²) in [5.41, 5.74) is 3.73. The molecular weight excluding hydrogens is 368 g/mol. The summed E-state index contributed by atoms with van der Waals surface area (Å²) in [6.07, 6.45) is 0.246. The zero-order valence-electron chi connectivity index (χ0n) is 13.7. The van der Waals surface area contributed by atoms with E-state index in [1.54, 1.807) is 4.90 Å². The Balaban J connectivity index is 1.72. The van der Waals surface area contributed by atoms with Crippen LogP contribution in [0.5, 0.6) is 0 Å². The summed E-state index contributed by atoms with van der Waals surface area (Å²) in [5.74, 6) is -0.446. The maximum atomic E-state index is 12.5. The maximum Gasteiger partial charge on any atom is 0.229 e. The number of para-hydroxylation sites is 1. The van der Waals surface area contributed by atoms with Gasteiger partial charge in [-0.2, -0.15) is 0 Å². The van der Waals surface area contributed by atoms with Crippen LogP contribution in [-0.2, 0) is 9.59 Å². The number of rotatable bonds is 3. The molecule has 3 rings (SSSR count). The van der Waals surface area contributed by atoms with Crippen LogP contribution in [0.3, 0.4) is 0 Å². The van der Waals surface area contributed by atoms with Gasteiger partial charge < -0.3 is 10.2 Å². The number of hydrogen-bond acceptors (Lipinski definition) is 2. The van der Waals surface area contributed by atoms with E-state index in [1.165, 1.54) is 0 Å². The van der Waals surface area contributed by atoms with Crippen molar-refractivity contribution in [3.8, 4) is 0 Å². The van der Waals surface area contributed by atoms with E-state index in [9.17, 15) is 9.59 Å². The highest BCUT2D eigenvalue weighted by molar-refractivity contribution is 9.10. The first-order valence-corrected chi connectivity index (χ1v) is 8.68. The quantitative estimate of drug-likeness (QED) is 0.864. The first kappa shape index (κ1) is 16.7. The average molecular weight is 387 g/mol. The Morgan fingerprint density at radius 1 is 1.17 bits per heavy atom. The van der Waals surface area contributed by atoms with Gasteiger partial charge in [0, 0.05) is 28.8 Å². The van der Waals surface area contributed by atoms with Gasteiger partial charge in [0.15, 0.2) is 0 Å². The fraction of sp³-hybridized carbons (Fsp3) is 0.263. The van der Waals surface area contributed by atoms with Crippen LogP contribution in [0.2, 0.25) is 0 Å². The standard InChI is InChI=1S/C19H19BrN2O2/c1-12-5-3-4-6-17(12)22-11-14(10-18(22)23)19(24)21-15-7-8-16(20)13(2)9-15/h3-9,14H,10-11H2,1-2H3,(H,21,24). The zero-order chi connectivity index (χ0) is 17.3. The Bertz CT molecular complexity index is 804. The lowest BCUT2D eigenvalue weighted by Gasteiger charge is -2.19. The van der Waals surface area contributed by atoms with Crippen molar-refractivity contribution in [3.63, 3.8) is 0 Å². The third-order valence-electron chi connectivity index (χ3n) is 4.33. The molecule has 1 aliphatic heterocycles. The van der Waals surface area contributed by atoms with Crippen LogP contribution in [-0.4, -0.2) is 18.4 Å². The molecule has 0 aliphatic carbocycles.